The fourth-order valence-corrected chi connectivity index (χ4v) is 6.94. The van der Waals surface area contributed by atoms with Gasteiger partial charge in [-0.1, -0.05) is 49.7 Å². The van der Waals surface area contributed by atoms with Crippen LogP contribution in [0.25, 0.3) is 0 Å². The summed E-state index contributed by atoms with van der Waals surface area (Å²) in [5.41, 5.74) is -0.449. The largest absolute Gasteiger partial charge is 0.497 e. The third-order valence-corrected chi connectivity index (χ3v) is 9.93. The number of rotatable bonds is 12. The van der Waals surface area contributed by atoms with Crippen molar-refractivity contribution in [2.24, 2.45) is 5.92 Å². The summed E-state index contributed by atoms with van der Waals surface area (Å²) >= 11 is 5.76. The summed E-state index contributed by atoms with van der Waals surface area (Å²) in [7, 11) is -2.73. The number of halogens is 6. The van der Waals surface area contributed by atoms with Crippen molar-refractivity contribution < 1.29 is 54.3 Å². The van der Waals surface area contributed by atoms with Gasteiger partial charge in [0.15, 0.2) is 9.84 Å². The number of carbonyl (C=O) groups is 4. The number of ketones is 1. The minimum atomic E-state index is -5.31. The topological polar surface area (TPSA) is 139 Å². The highest BCUT2D eigenvalue weighted by Gasteiger charge is 2.50. The lowest BCUT2D eigenvalue weighted by atomic mass is 9.98. The molecule has 17 heteroatoms. The molecule has 0 aliphatic carbocycles. The molecule has 0 saturated carbocycles. The van der Waals surface area contributed by atoms with Crippen LogP contribution in [-0.4, -0.2) is 80.0 Å². The molecule has 0 unspecified atom stereocenters. The van der Waals surface area contributed by atoms with Gasteiger partial charge in [0.2, 0.25) is 11.8 Å². The Bertz CT molecular complexity index is 1600. The van der Waals surface area contributed by atoms with E-state index in [1.165, 1.54) is 57.4 Å². The normalized spacial score (nSPS) is 18.4. The SMILES string of the molecule is COc1ccc(CS(=O)(=O)[C@@H]2C[C@@H](C(=O)N[C@H](C(=O)C(F)(F)F)C(C)C)N(C(=O)[C@H](C)NC(=O)C(F)(F)c3cccc(Cl)c3)C2)cc1. The molecule has 2 aromatic carbocycles. The zero-order valence-electron chi connectivity index (χ0n) is 25.6. The summed E-state index contributed by atoms with van der Waals surface area (Å²) in [6.45, 7) is 2.85. The van der Waals surface area contributed by atoms with Crippen molar-refractivity contribution in [3.8, 4) is 5.75 Å². The molecular weight excluding hydrogens is 677 g/mol. The van der Waals surface area contributed by atoms with Crippen LogP contribution in [-0.2, 0) is 40.7 Å². The first-order valence-electron chi connectivity index (χ1n) is 14.2. The van der Waals surface area contributed by atoms with E-state index in [-0.39, 0.29) is 5.02 Å². The lowest BCUT2D eigenvalue weighted by molar-refractivity contribution is -0.175. The van der Waals surface area contributed by atoms with E-state index in [4.69, 9.17) is 16.3 Å². The van der Waals surface area contributed by atoms with Gasteiger partial charge in [-0.05, 0) is 49.1 Å². The van der Waals surface area contributed by atoms with Crippen LogP contribution in [0, 0.1) is 5.92 Å². The van der Waals surface area contributed by atoms with Crippen LogP contribution in [0.1, 0.15) is 38.3 Å². The highest BCUT2D eigenvalue weighted by Crippen LogP contribution is 2.31. The highest BCUT2D eigenvalue weighted by atomic mass is 35.5. The monoisotopic (exact) mass is 709 g/mol. The predicted octanol–water partition coefficient (Wildman–Crippen LogP) is 3.80. The van der Waals surface area contributed by atoms with E-state index in [2.05, 4.69) is 0 Å². The van der Waals surface area contributed by atoms with Crippen LogP contribution in [0.2, 0.25) is 5.02 Å². The smallest absolute Gasteiger partial charge is 0.452 e. The van der Waals surface area contributed by atoms with Gasteiger partial charge in [0.25, 0.3) is 11.7 Å². The van der Waals surface area contributed by atoms with Gasteiger partial charge in [-0.15, -0.1) is 0 Å². The quantitative estimate of drug-likeness (QED) is 0.320. The number of hydrogen-bond acceptors (Lipinski definition) is 7. The van der Waals surface area contributed by atoms with Crippen molar-refractivity contribution in [1.29, 1.82) is 0 Å². The fraction of sp³-hybridized carbons (Fsp3) is 0.467. The van der Waals surface area contributed by atoms with Gasteiger partial charge >= 0.3 is 12.1 Å². The van der Waals surface area contributed by atoms with Gasteiger partial charge in [-0.25, -0.2) is 8.42 Å². The van der Waals surface area contributed by atoms with Crippen LogP contribution in [0.5, 0.6) is 5.75 Å². The lowest BCUT2D eigenvalue weighted by Crippen LogP contribution is -2.57. The number of nitrogens with one attached hydrogen (secondary N) is 2. The van der Waals surface area contributed by atoms with Crippen LogP contribution in [0.15, 0.2) is 48.5 Å². The first-order valence-corrected chi connectivity index (χ1v) is 16.3. The predicted molar refractivity (Wildman–Crippen MR) is 160 cm³/mol. The molecule has 3 rings (SSSR count). The van der Waals surface area contributed by atoms with Crippen molar-refractivity contribution in [1.82, 2.24) is 15.5 Å². The summed E-state index contributed by atoms with van der Waals surface area (Å²) < 4.78 is 102. The Morgan fingerprint density at radius 1 is 1.00 bits per heavy atom. The number of carbonyl (C=O) groups excluding carboxylic acids is 4. The summed E-state index contributed by atoms with van der Waals surface area (Å²) in [5.74, 6) is -11.9. The number of hydrogen-bond donors (Lipinski definition) is 2. The van der Waals surface area contributed by atoms with E-state index in [0.717, 1.165) is 19.1 Å². The molecule has 1 aliphatic heterocycles. The molecular formula is C30H33ClF5N3O7S. The van der Waals surface area contributed by atoms with Gasteiger partial charge in [0.05, 0.1) is 24.2 Å². The number of nitrogens with zero attached hydrogens (tertiary/aromatic N) is 1. The molecule has 4 atom stereocenters. The maximum Gasteiger partial charge on any atom is 0.452 e. The molecule has 3 amide bonds. The molecule has 10 nitrogen and oxygen atoms in total. The van der Waals surface area contributed by atoms with Crippen molar-refractivity contribution >= 4 is 44.9 Å². The Balaban J connectivity index is 1.90. The Hall–Kier alpha value is -3.79. The number of ether oxygens (including phenoxy) is 1. The molecule has 0 bridgehead atoms. The van der Waals surface area contributed by atoms with E-state index in [9.17, 15) is 49.5 Å². The first kappa shape index (κ1) is 37.7. The Morgan fingerprint density at radius 3 is 2.15 bits per heavy atom. The van der Waals surface area contributed by atoms with Crippen LogP contribution in [0.3, 0.4) is 0 Å². The lowest BCUT2D eigenvalue weighted by Gasteiger charge is -2.30. The van der Waals surface area contributed by atoms with E-state index in [0.29, 0.717) is 16.2 Å². The molecule has 0 aromatic heterocycles. The number of alkyl halides is 5. The Morgan fingerprint density at radius 2 is 1.62 bits per heavy atom. The first-order chi connectivity index (χ1) is 21.7. The van der Waals surface area contributed by atoms with Gasteiger partial charge < -0.3 is 20.3 Å². The zero-order valence-corrected chi connectivity index (χ0v) is 27.2. The second kappa shape index (κ2) is 14.5. The van der Waals surface area contributed by atoms with Crippen LogP contribution in [0.4, 0.5) is 22.0 Å². The molecule has 0 spiro atoms. The molecule has 1 fully saturated rings. The molecule has 1 saturated heterocycles. The van der Waals surface area contributed by atoms with E-state index in [1.54, 1.807) is 0 Å². The van der Waals surface area contributed by atoms with Crippen molar-refractivity contribution in [2.45, 2.75) is 68.4 Å². The van der Waals surface area contributed by atoms with Crippen molar-refractivity contribution in [3.05, 3.63) is 64.7 Å². The van der Waals surface area contributed by atoms with E-state index >= 15 is 0 Å². The van der Waals surface area contributed by atoms with Gasteiger partial charge in [0, 0.05) is 17.1 Å². The van der Waals surface area contributed by atoms with Crippen LogP contribution < -0.4 is 15.4 Å². The molecule has 2 N–H and O–H groups in total. The highest BCUT2D eigenvalue weighted by molar-refractivity contribution is 7.91. The molecule has 2 aromatic rings. The Labute approximate surface area is 272 Å². The number of sulfone groups is 1. The zero-order chi connectivity index (χ0) is 35.5. The Kier molecular flexibility index (Phi) is 11.7. The third kappa shape index (κ3) is 8.97. The third-order valence-electron chi connectivity index (χ3n) is 7.60. The number of benzene rings is 2. The average Bonchev–Trinajstić information content (AvgIpc) is 3.45. The fourth-order valence-electron chi connectivity index (χ4n) is 5.00. The van der Waals surface area contributed by atoms with Gasteiger partial charge in [-0.3, -0.25) is 19.2 Å². The number of likely N-dealkylation sites (tertiary alicyclic amines) is 1. The summed E-state index contributed by atoms with van der Waals surface area (Å²) in [6, 6.07) is 4.70. The number of Topliss-reactive ketones (excluding diaryl/α,β-unsaturated/α-hetero) is 1. The maximum absolute atomic E-state index is 14.9. The number of methoxy groups -OCH3 is 1. The van der Waals surface area contributed by atoms with Crippen LogP contribution >= 0.6 is 11.6 Å². The summed E-state index contributed by atoms with van der Waals surface area (Å²) in [4.78, 5) is 52.2. The molecule has 47 heavy (non-hydrogen) atoms. The molecule has 0 radical (unpaired) electrons. The van der Waals surface area contributed by atoms with Gasteiger partial charge in [0.1, 0.15) is 17.8 Å². The second-order valence-electron chi connectivity index (χ2n) is 11.4. The summed E-state index contributed by atoms with van der Waals surface area (Å²) in [6.07, 6.45) is -5.90. The second-order valence-corrected chi connectivity index (χ2v) is 14.1. The van der Waals surface area contributed by atoms with Crippen molar-refractivity contribution in [3.63, 3.8) is 0 Å². The molecule has 1 heterocycles. The average molecular weight is 710 g/mol. The minimum absolute atomic E-state index is 0.0874. The summed E-state index contributed by atoms with van der Waals surface area (Å²) in [5, 5.41) is 2.33. The van der Waals surface area contributed by atoms with E-state index in [1.807, 2.05) is 10.6 Å². The van der Waals surface area contributed by atoms with E-state index < -0.39 is 99.0 Å². The molecule has 258 valence electrons. The standard InChI is InChI=1S/C30H33ClF5N3O7S/c1-16(2)24(25(40)30(34,35)36)38-26(41)23-13-22(47(44,45)15-18-8-10-21(46-4)11-9-18)14-39(23)27(42)17(3)37-28(43)29(32,33)19-6-5-7-20(31)12-19/h5-12,16-17,22-24H,13-15H2,1-4H3,(H,37,43)(H,38,41)/t17-,22+,23-,24-/m0/s1. The van der Waals surface area contributed by atoms with Crippen molar-refractivity contribution in [2.75, 3.05) is 13.7 Å². The molecule has 1 aliphatic rings. The van der Waals surface area contributed by atoms with Gasteiger partial charge in [-0.2, -0.15) is 22.0 Å². The minimum Gasteiger partial charge on any atom is -0.497 e. The number of amides is 3. The maximum atomic E-state index is 14.9.